The maximum atomic E-state index is 13.3. The third-order valence-electron chi connectivity index (χ3n) is 6.65. The predicted octanol–water partition coefficient (Wildman–Crippen LogP) is 2.48. The van der Waals surface area contributed by atoms with Crippen molar-refractivity contribution in [2.45, 2.75) is 36.1 Å². The number of benzene rings is 2. The number of rotatable bonds is 9. The van der Waals surface area contributed by atoms with Crippen molar-refractivity contribution in [3.63, 3.8) is 0 Å². The second-order valence-electron chi connectivity index (χ2n) is 9.08. The Balaban J connectivity index is 1.31. The van der Waals surface area contributed by atoms with Crippen LogP contribution in [0.1, 0.15) is 25.3 Å². The zero-order valence-electron chi connectivity index (χ0n) is 21.1. The number of nitrogens with zero attached hydrogens (tertiary/aromatic N) is 2. The van der Waals surface area contributed by atoms with Crippen LogP contribution in [0.2, 0.25) is 5.02 Å². The fourth-order valence-electron chi connectivity index (χ4n) is 4.50. The van der Waals surface area contributed by atoms with Gasteiger partial charge < -0.3 is 14.8 Å². The van der Waals surface area contributed by atoms with Gasteiger partial charge in [0.05, 0.1) is 24.7 Å². The lowest BCUT2D eigenvalue weighted by molar-refractivity contribution is -0.126. The molecule has 0 aromatic heterocycles. The topological polar surface area (TPSA) is 122 Å². The predicted molar refractivity (Wildman–Crippen MR) is 142 cm³/mol. The number of piperidine rings is 1. The van der Waals surface area contributed by atoms with E-state index in [1.54, 1.807) is 43.3 Å². The third kappa shape index (κ3) is 6.49. The van der Waals surface area contributed by atoms with Crippen LogP contribution in [0.25, 0.3) is 0 Å². The molecule has 2 aromatic rings. The van der Waals surface area contributed by atoms with Crippen molar-refractivity contribution in [1.82, 2.24) is 13.9 Å². The van der Waals surface area contributed by atoms with Crippen LogP contribution in [0.4, 0.5) is 0 Å². The molecular formula is C25H32ClN3O7S2. The van der Waals surface area contributed by atoms with E-state index in [2.05, 4.69) is 5.32 Å². The van der Waals surface area contributed by atoms with Gasteiger partial charge in [0.15, 0.2) is 0 Å². The van der Waals surface area contributed by atoms with Crippen LogP contribution in [-0.2, 0) is 36.1 Å². The summed E-state index contributed by atoms with van der Waals surface area (Å²) in [6, 6.07) is 11.0. The number of morpholine rings is 1. The summed E-state index contributed by atoms with van der Waals surface area (Å²) in [5.74, 6) is -0.238. The maximum absolute atomic E-state index is 13.3. The molecule has 2 heterocycles. The minimum atomic E-state index is -3.83. The van der Waals surface area contributed by atoms with Gasteiger partial charge in [-0.3, -0.25) is 4.79 Å². The average molecular weight is 586 g/mol. The largest absolute Gasteiger partial charge is 0.492 e. The Bertz CT molecular complexity index is 1340. The summed E-state index contributed by atoms with van der Waals surface area (Å²) in [6.45, 7) is 4.15. The fraction of sp³-hybridized carbons (Fsp3) is 0.480. The second-order valence-corrected chi connectivity index (χ2v) is 13.4. The first kappa shape index (κ1) is 28.8. The van der Waals surface area contributed by atoms with Crippen LogP contribution in [0.5, 0.6) is 5.75 Å². The van der Waals surface area contributed by atoms with Gasteiger partial charge in [0.25, 0.3) is 0 Å². The molecule has 2 aromatic carbocycles. The zero-order chi connectivity index (χ0) is 27.3. The molecule has 2 aliphatic rings. The van der Waals surface area contributed by atoms with E-state index in [-0.39, 0.29) is 47.0 Å². The highest BCUT2D eigenvalue weighted by molar-refractivity contribution is 7.89. The Kier molecular flexibility index (Phi) is 9.32. The van der Waals surface area contributed by atoms with Gasteiger partial charge in [0.2, 0.25) is 26.0 Å². The second kappa shape index (κ2) is 12.3. The van der Waals surface area contributed by atoms with Crippen LogP contribution in [0, 0.1) is 5.92 Å². The molecule has 13 heteroatoms. The van der Waals surface area contributed by atoms with Crippen LogP contribution in [0.3, 0.4) is 0 Å². The number of amides is 1. The van der Waals surface area contributed by atoms with Gasteiger partial charge in [0, 0.05) is 43.7 Å². The van der Waals surface area contributed by atoms with Gasteiger partial charge in [0.1, 0.15) is 10.6 Å². The molecule has 2 saturated heterocycles. The Morgan fingerprint density at radius 3 is 2.24 bits per heavy atom. The molecule has 2 aliphatic heterocycles. The summed E-state index contributed by atoms with van der Waals surface area (Å²) in [4.78, 5) is 13.0. The molecule has 0 aliphatic carbocycles. The molecule has 0 bridgehead atoms. The summed E-state index contributed by atoms with van der Waals surface area (Å²) in [5.41, 5.74) is 0.767. The first-order chi connectivity index (χ1) is 18.1. The minimum Gasteiger partial charge on any atom is -0.492 e. The van der Waals surface area contributed by atoms with E-state index in [9.17, 15) is 21.6 Å². The number of ether oxygens (including phenoxy) is 2. The molecule has 1 N–H and O–H groups in total. The lowest BCUT2D eigenvalue weighted by atomic mass is 9.97. The fourth-order valence-corrected chi connectivity index (χ4v) is 7.78. The van der Waals surface area contributed by atoms with E-state index in [1.165, 1.54) is 14.7 Å². The lowest BCUT2D eigenvalue weighted by Crippen LogP contribution is -2.43. The summed E-state index contributed by atoms with van der Waals surface area (Å²) in [5, 5.41) is 3.19. The van der Waals surface area contributed by atoms with Crippen LogP contribution >= 0.6 is 11.6 Å². The van der Waals surface area contributed by atoms with Crippen molar-refractivity contribution in [3.05, 3.63) is 53.1 Å². The summed E-state index contributed by atoms with van der Waals surface area (Å²) in [7, 11) is -7.41. The van der Waals surface area contributed by atoms with Crippen molar-refractivity contribution < 1.29 is 31.1 Å². The summed E-state index contributed by atoms with van der Waals surface area (Å²) in [6.07, 6.45) is 0.763. The van der Waals surface area contributed by atoms with Crippen LogP contribution in [-0.4, -0.2) is 77.4 Å². The smallest absolute Gasteiger partial charge is 0.246 e. The molecule has 38 heavy (non-hydrogen) atoms. The Hall–Kier alpha value is -2.22. The SMILES string of the molecule is CCOc1ccc(Cl)cc1S(=O)(=O)N1CCC(C(=O)NCc2ccc(S(=O)(=O)N3CCOCC3)cc2)CC1. The third-order valence-corrected chi connectivity index (χ3v) is 10.7. The lowest BCUT2D eigenvalue weighted by Gasteiger charge is -2.31. The molecule has 0 spiro atoms. The normalized spacial score (nSPS) is 18.3. The molecule has 0 unspecified atom stereocenters. The molecule has 0 atom stereocenters. The Morgan fingerprint density at radius 1 is 0.974 bits per heavy atom. The summed E-state index contributed by atoms with van der Waals surface area (Å²) >= 11 is 6.05. The molecule has 208 valence electrons. The first-order valence-corrected chi connectivity index (χ1v) is 15.8. The molecule has 1 amide bonds. The van der Waals surface area contributed by atoms with Crippen LogP contribution in [0.15, 0.2) is 52.3 Å². The van der Waals surface area contributed by atoms with Crippen molar-refractivity contribution in [2.24, 2.45) is 5.92 Å². The molecule has 0 saturated carbocycles. The van der Waals surface area contributed by atoms with Crippen molar-refractivity contribution in [2.75, 3.05) is 46.0 Å². The highest BCUT2D eigenvalue weighted by Crippen LogP contribution is 2.32. The van der Waals surface area contributed by atoms with E-state index in [0.29, 0.717) is 50.8 Å². The zero-order valence-corrected chi connectivity index (χ0v) is 23.5. The number of sulfonamides is 2. The van der Waals surface area contributed by atoms with Crippen molar-refractivity contribution in [3.8, 4) is 5.75 Å². The van der Waals surface area contributed by atoms with Gasteiger partial charge >= 0.3 is 0 Å². The van der Waals surface area contributed by atoms with Crippen molar-refractivity contribution >= 4 is 37.6 Å². The van der Waals surface area contributed by atoms with Crippen molar-refractivity contribution in [1.29, 1.82) is 0 Å². The van der Waals surface area contributed by atoms with Crippen LogP contribution < -0.4 is 10.1 Å². The molecule has 10 nitrogen and oxygen atoms in total. The number of halogens is 1. The van der Waals surface area contributed by atoms with E-state index in [0.717, 1.165) is 5.56 Å². The number of hydrogen-bond donors (Lipinski definition) is 1. The molecule has 2 fully saturated rings. The van der Waals surface area contributed by atoms with Gasteiger partial charge in [-0.05, 0) is 55.7 Å². The quantitative estimate of drug-likeness (QED) is 0.480. The van der Waals surface area contributed by atoms with E-state index < -0.39 is 20.0 Å². The number of hydrogen-bond acceptors (Lipinski definition) is 7. The number of carbonyl (C=O) groups excluding carboxylic acids is 1. The number of nitrogens with one attached hydrogen (secondary N) is 1. The maximum Gasteiger partial charge on any atom is 0.246 e. The summed E-state index contributed by atoms with van der Waals surface area (Å²) < 4.78 is 65.5. The van der Waals surface area contributed by atoms with E-state index in [1.807, 2.05) is 0 Å². The number of carbonyl (C=O) groups is 1. The molecule has 0 radical (unpaired) electrons. The van der Waals surface area contributed by atoms with Gasteiger partial charge in [-0.1, -0.05) is 23.7 Å². The minimum absolute atomic E-state index is 0.0221. The standard InChI is InChI=1S/C25H32ClN3O7S2/c1-2-36-23-8-5-21(26)17-24(23)38(33,34)28-11-9-20(10-12-28)25(30)27-18-19-3-6-22(7-4-19)37(31,32)29-13-15-35-16-14-29/h3-8,17,20H,2,9-16,18H2,1H3,(H,27,30). The van der Waals surface area contributed by atoms with Gasteiger partial charge in [-0.15, -0.1) is 0 Å². The van der Waals surface area contributed by atoms with Gasteiger partial charge in [-0.2, -0.15) is 8.61 Å². The van der Waals surface area contributed by atoms with E-state index >= 15 is 0 Å². The monoisotopic (exact) mass is 585 g/mol. The molecule has 4 rings (SSSR count). The Morgan fingerprint density at radius 2 is 1.61 bits per heavy atom. The van der Waals surface area contributed by atoms with Gasteiger partial charge in [-0.25, -0.2) is 16.8 Å². The highest BCUT2D eigenvalue weighted by Gasteiger charge is 2.34. The highest BCUT2D eigenvalue weighted by atomic mass is 35.5. The molecular weight excluding hydrogens is 554 g/mol. The first-order valence-electron chi connectivity index (χ1n) is 12.5. The Labute approximate surface area is 229 Å². The van der Waals surface area contributed by atoms with E-state index in [4.69, 9.17) is 21.1 Å². The average Bonchev–Trinajstić information content (AvgIpc) is 2.93.